The number of ether oxygens (including phenoxy) is 1. The summed E-state index contributed by atoms with van der Waals surface area (Å²) < 4.78 is 5.59. The van der Waals surface area contributed by atoms with Gasteiger partial charge in [0.05, 0.1) is 6.10 Å². The van der Waals surface area contributed by atoms with Crippen molar-refractivity contribution in [2.24, 2.45) is 10.4 Å². The Balaban J connectivity index is 0.00000272. The van der Waals surface area contributed by atoms with Crippen LogP contribution in [0.2, 0.25) is 0 Å². The van der Waals surface area contributed by atoms with Crippen molar-refractivity contribution in [3.8, 4) is 0 Å². The van der Waals surface area contributed by atoms with Crippen LogP contribution in [0.1, 0.15) is 67.3 Å². The van der Waals surface area contributed by atoms with Crippen LogP contribution in [0.5, 0.6) is 0 Å². The molecule has 172 valence electrons. The molecule has 3 aliphatic rings. The lowest BCUT2D eigenvalue weighted by Gasteiger charge is -2.33. The van der Waals surface area contributed by atoms with Gasteiger partial charge in [-0.15, -0.1) is 24.0 Å². The van der Waals surface area contributed by atoms with Crippen molar-refractivity contribution >= 4 is 35.8 Å². The van der Waals surface area contributed by atoms with Gasteiger partial charge in [0.1, 0.15) is 0 Å². The molecule has 2 saturated heterocycles. The molecule has 2 aliphatic heterocycles. The summed E-state index contributed by atoms with van der Waals surface area (Å²) in [6, 6.07) is 7.85. The van der Waals surface area contributed by atoms with Gasteiger partial charge in [-0.2, -0.15) is 0 Å². The Kier molecular flexibility index (Phi) is 9.01. The highest BCUT2D eigenvalue weighted by Crippen LogP contribution is 2.43. The van der Waals surface area contributed by atoms with E-state index < -0.39 is 0 Å². The van der Waals surface area contributed by atoms with E-state index in [1.165, 1.54) is 38.5 Å². The first-order valence-corrected chi connectivity index (χ1v) is 11.6. The first kappa shape index (κ1) is 24.3. The summed E-state index contributed by atoms with van der Waals surface area (Å²) in [5.41, 5.74) is 2.30. The highest BCUT2D eigenvalue weighted by molar-refractivity contribution is 14.0. The molecule has 2 N–H and O–H groups in total. The molecule has 1 unspecified atom stereocenters. The summed E-state index contributed by atoms with van der Waals surface area (Å²) in [6.45, 7) is 4.28. The van der Waals surface area contributed by atoms with Crippen LogP contribution in [0.3, 0.4) is 0 Å². The number of likely N-dealkylation sites (tertiary alicyclic amines) is 1. The monoisotopic (exact) mass is 540 g/mol. The Morgan fingerprint density at radius 1 is 1.19 bits per heavy atom. The molecule has 3 fully saturated rings. The number of hydrogen-bond acceptors (Lipinski definition) is 3. The summed E-state index contributed by atoms with van der Waals surface area (Å²) in [5, 5.41) is 6.52. The standard InChI is InChI=1S/C24H36N4O2.HI/c1-25-23(28-13-12-24(18-28)10-3-2-4-11-24)27-16-19-7-5-8-20(15-19)22(29)26-17-21-9-6-14-30-21;/h5,7-8,15,21H,2-4,6,9-14,16-18H2,1H3,(H,25,27)(H,26,29);1H. The van der Waals surface area contributed by atoms with Gasteiger partial charge in [0.2, 0.25) is 0 Å². The van der Waals surface area contributed by atoms with E-state index in [9.17, 15) is 4.79 Å². The second kappa shape index (κ2) is 11.5. The van der Waals surface area contributed by atoms with Crippen molar-refractivity contribution in [3.63, 3.8) is 0 Å². The largest absolute Gasteiger partial charge is 0.376 e. The van der Waals surface area contributed by atoms with Gasteiger partial charge in [-0.3, -0.25) is 9.79 Å². The topological polar surface area (TPSA) is 66.0 Å². The number of nitrogens with zero attached hydrogens (tertiary/aromatic N) is 2. The van der Waals surface area contributed by atoms with Gasteiger partial charge in [-0.25, -0.2) is 0 Å². The number of benzene rings is 1. The minimum absolute atomic E-state index is 0. The van der Waals surface area contributed by atoms with Crippen LogP contribution in [0, 0.1) is 5.41 Å². The molecule has 1 aliphatic carbocycles. The van der Waals surface area contributed by atoms with Gasteiger partial charge in [-0.1, -0.05) is 31.4 Å². The van der Waals surface area contributed by atoms with Gasteiger partial charge in [0.25, 0.3) is 5.91 Å². The number of guanidine groups is 1. The van der Waals surface area contributed by atoms with Crippen molar-refractivity contribution in [1.29, 1.82) is 0 Å². The zero-order valence-electron chi connectivity index (χ0n) is 18.7. The highest BCUT2D eigenvalue weighted by Gasteiger charge is 2.39. The molecule has 0 aromatic heterocycles. The van der Waals surface area contributed by atoms with E-state index in [1.807, 2.05) is 25.2 Å². The fourth-order valence-electron chi connectivity index (χ4n) is 5.28. The molecule has 1 atom stereocenters. The van der Waals surface area contributed by atoms with Gasteiger partial charge in [0.15, 0.2) is 5.96 Å². The molecule has 1 aromatic carbocycles. The molecule has 1 saturated carbocycles. The SMILES string of the molecule is CN=C(NCc1cccc(C(=O)NCC2CCCO2)c1)N1CCC2(CCCCC2)C1.I. The van der Waals surface area contributed by atoms with Gasteiger partial charge >= 0.3 is 0 Å². The van der Waals surface area contributed by atoms with Crippen molar-refractivity contribution in [3.05, 3.63) is 35.4 Å². The van der Waals surface area contributed by atoms with Crippen LogP contribution in [0.15, 0.2) is 29.3 Å². The number of carbonyl (C=O) groups is 1. The number of nitrogens with one attached hydrogen (secondary N) is 2. The van der Waals surface area contributed by atoms with Crippen molar-refractivity contribution in [2.45, 2.75) is 64.0 Å². The minimum Gasteiger partial charge on any atom is -0.376 e. The van der Waals surface area contributed by atoms with Crippen LogP contribution >= 0.6 is 24.0 Å². The van der Waals surface area contributed by atoms with Gasteiger partial charge in [0, 0.05) is 45.4 Å². The fourth-order valence-corrected chi connectivity index (χ4v) is 5.28. The number of halogens is 1. The fraction of sp³-hybridized carbons (Fsp3) is 0.667. The van der Waals surface area contributed by atoms with Crippen LogP contribution in [-0.2, 0) is 11.3 Å². The molecule has 0 bridgehead atoms. The maximum Gasteiger partial charge on any atom is 0.251 e. The molecule has 7 heteroatoms. The molecule has 1 spiro atoms. The summed E-state index contributed by atoms with van der Waals surface area (Å²) in [7, 11) is 1.86. The third-order valence-electron chi connectivity index (χ3n) is 7.02. The number of amides is 1. The average molecular weight is 540 g/mol. The molecule has 2 heterocycles. The lowest BCUT2D eigenvalue weighted by atomic mass is 9.73. The zero-order valence-corrected chi connectivity index (χ0v) is 21.0. The molecule has 1 aromatic rings. The first-order valence-electron chi connectivity index (χ1n) is 11.6. The Labute approximate surface area is 203 Å². The maximum atomic E-state index is 12.5. The normalized spacial score (nSPS) is 22.9. The predicted molar refractivity (Wildman–Crippen MR) is 135 cm³/mol. The van der Waals surface area contributed by atoms with E-state index >= 15 is 0 Å². The highest BCUT2D eigenvalue weighted by atomic mass is 127. The average Bonchev–Trinajstić information content (AvgIpc) is 3.44. The zero-order chi connectivity index (χ0) is 20.8. The molecular formula is C24H37IN4O2. The van der Waals surface area contributed by atoms with E-state index in [-0.39, 0.29) is 36.0 Å². The van der Waals surface area contributed by atoms with E-state index in [0.29, 0.717) is 24.1 Å². The molecule has 31 heavy (non-hydrogen) atoms. The maximum absolute atomic E-state index is 12.5. The smallest absolute Gasteiger partial charge is 0.251 e. The third kappa shape index (κ3) is 6.34. The van der Waals surface area contributed by atoms with Crippen LogP contribution in [0.4, 0.5) is 0 Å². The van der Waals surface area contributed by atoms with Gasteiger partial charge < -0.3 is 20.3 Å². The van der Waals surface area contributed by atoms with Crippen molar-refractivity contribution in [1.82, 2.24) is 15.5 Å². The van der Waals surface area contributed by atoms with E-state index in [2.05, 4.69) is 26.6 Å². The summed E-state index contributed by atoms with van der Waals surface area (Å²) in [6.07, 6.45) is 10.4. The first-order chi connectivity index (χ1) is 14.7. The molecule has 0 radical (unpaired) electrons. The third-order valence-corrected chi connectivity index (χ3v) is 7.02. The quantitative estimate of drug-likeness (QED) is 0.338. The summed E-state index contributed by atoms with van der Waals surface area (Å²) >= 11 is 0. The van der Waals surface area contributed by atoms with Crippen LogP contribution in [0.25, 0.3) is 0 Å². The molecule has 4 rings (SSSR count). The molecule has 1 amide bonds. The number of rotatable bonds is 5. The Morgan fingerprint density at radius 2 is 2.03 bits per heavy atom. The Morgan fingerprint density at radius 3 is 2.77 bits per heavy atom. The molecule has 6 nitrogen and oxygen atoms in total. The van der Waals surface area contributed by atoms with Gasteiger partial charge in [-0.05, 0) is 55.2 Å². The summed E-state index contributed by atoms with van der Waals surface area (Å²) in [5.74, 6) is 0.946. The lowest BCUT2D eigenvalue weighted by molar-refractivity contribution is 0.0857. The van der Waals surface area contributed by atoms with Crippen LogP contribution in [-0.4, -0.2) is 56.2 Å². The summed E-state index contributed by atoms with van der Waals surface area (Å²) in [4.78, 5) is 19.5. The lowest BCUT2D eigenvalue weighted by Crippen LogP contribution is -2.41. The van der Waals surface area contributed by atoms with E-state index in [0.717, 1.165) is 44.1 Å². The van der Waals surface area contributed by atoms with E-state index in [1.54, 1.807) is 0 Å². The van der Waals surface area contributed by atoms with Crippen molar-refractivity contribution in [2.75, 3.05) is 33.3 Å². The number of carbonyl (C=O) groups excluding carboxylic acids is 1. The Bertz CT molecular complexity index is 758. The number of aliphatic imine (C=N–C) groups is 1. The van der Waals surface area contributed by atoms with Crippen molar-refractivity contribution < 1.29 is 9.53 Å². The second-order valence-electron chi connectivity index (χ2n) is 9.18. The predicted octanol–water partition coefficient (Wildman–Crippen LogP) is 3.95. The van der Waals surface area contributed by atoms with E-state index in [4.69, 9.17) is 4.74 Å². The minimum atomic E-state index is -0.0319. The number of hydrogen-bond donors (Lipinski definition) is 2. The Hall–Kier alpha value is -1.35. The second-order valence-corrected chi connectivity index (χ2v) is 9.18. The molecular weight excluding hydrogens is 503 g/mol. The van der Waals surface area contributed by atoms with Crippen LogP contribution < -0.4 is 10.6 Å².